The van der Waals surface area contributed by atoms with E-state index in [-0.39, 0.29) is 24.6 Å². The lowest BCUT2D eigenvalue weighted by Gasteiger charge is -2.16. The third-order valence-electron chi connectivity index (χ3n) is 3.33. The molecule has 0 aliphatic carbocycles. The van der Waals surface area contributed by atoms with Gasteiger partial charge in [0.15, 0.2) is 11.6 Å². The summed E-state index contributed by atoms with van der Waals surface area (Å²) in [6, 6.07) is 0. The molecule has 1 fully saturated rings. The van der Waals surface area contributed by atoms with Gasteiger partial charge >= 0.3 is 11.7 Å². The predicted molar refractivity (Wildman–Crippen MR) is 99.0 cm³/mol. The average molecular weight is 371 g/mol. The van der Waals surface area contributed by atoms with Crippen LogP contribution in [-0.4, -0.2) is 28.2 Å². The van der Waals surface area contributed by atoms with Gasteiger partial charge in [0.25, 0.3) is 0 Å². The summed E-state index contributed by atoms with van der Waals surface area (Å²) in [4.78, 5) is 26.6. The molecular weight excluding hydrogens is 341 g/mol. The van der Waals surface area contributed by atoms with Gasteiger partial charge in [-0.05, 0) is 18.8 Å². The summed E-state index contributed by atoms with van der Waals surface area (Å²) in [5, 5.41) is 0. The van der Waals surface area contributed by atoms with Crippen LogP contribution in [0.5, 0.6) is 0 Å². The topological polar surface area (TPSA) is 96.4 Å². The van der Waals surface area contributed by atoms with Gasteiger partial charge in [-0.3, -0.25) is 9.36 Å². The number of hydrogen-bond donors (Lipinski definition) is 1. The van der Waals surface area contributed by atoms with Crippen LogP contribution in [0, 0.1) is 11.7 Å². The molecule has 2 rings (SSSR count). The van der Waals surface area contributed by atoms with Gasteiger partial charge in [-0.1, -0.05) is 27.7 Å². The molecule has 148 valence electrons. The molecule has 0 spiro atoms. The summed E-state index contributed by atoms with van der Waals surface area (Å²) in [6.45, 7) is 14.0. The van der Waals surface area contributed by atoms with Crippen LogP contribution in [-0.2, 0) is 14.3 Å². The van der Waals surface area contributed by atoms with E-state index >= 15 is 0 Å². The van der Waals surface area contributed by atoms with E-state index in [0.717, 1.165) is 10.8 Å². The fraction of sp³-hybridized carbons (Fsp3) is 0.611. The summed E-state index contributed by atoms with van der Waals surface area (Å²) in [7, 11) is 0. The molecule has 1 aliphatic heterocycles. The Hall–Kier alpha value is -2.22. The maximum absolute atomic E-state index is 13.4. The molecule has 1 aliphatic rings. The van der Waals surface area contributed by atoms with Crippen molar-refractivity contribution in [3.8, 4) is 0 Å². The van der Waals surface area contributed by atoms with Crippen LogP contribution in [0.4, 0.5) is 10.2 Å². The quantitative estimate of drug-likeness (QED) is 0.631. The number of nitrogens with two attached hydrogens (primary N) is 1. The monoisotopic (exact) mass is 371 g/mol. The van der Waals surface area contributed by atoms with Gasteiger partial charge in [-0.2, -0.15) is 4.98 Å². The molecule has 2 atom stereocenters. The van der Waals surface area contributed by atoms with Crippen LogP contribution in [0.1, 0.15) is 53.2 Å². The third kappa shape index (κ3) is 7.35. The first-order valence-electron chi connectivity index (χ1n) is 8.72. The second-order valence-electron chi connectivity index (χ2n) is 5.74. The lowest BCUT2D eigenvalue weighted by molar-refractivity contribution is -0.149. The smallest absolute Gasteiger partial charge is 0.351 e. The fourth-order valence-corrected chi connectivity index (χ4v) is 2.26. The van der Waals surface area contributed by atoms with E-state index in [1.807, 2.05) is 27.7 Å². The van der Waals surface area contributed by atoms with Gasteiger partial charge in [-0.25, -0.2) is 9.18 Å². The van der Waals surface area contributed by atoms with Crippen LogP contribution < -0.4 is 11.4 Å². The Balaban J connectivity index is 0.00000146. The molecule has 2 N–H and O–H groups in total. The molecule has 2 heterocycles. The predicted octanol–water partition coefficient (Wildman–Crippen LogP) is 3.06. The standard InChI is InChI=1S/C14H20FN3O4.C2H6.C2H4/c1-8(2)5-12(19)21-7-9-3-4-11(22-9)18-6-10(15)13(16)17-14(18)20;2*1-2/h6,8-9,11H,3-5,7H2,1-2H3,(H2,16,17,20);1-2H3;1-2H2. The molecule has 1 aromatic heterocycles. The Labute approximate surface area is 154 Å². The minimum Gasteiger partial charge on any atom is -0.463 e. The molecular formula is C18H30FN3O4. The Morgan fingerprint density at radius 2 is 2.08 bits per heavy atom. The van der Waals surface area contributed by atoms with Crippen molar-refractivity contribution in [3.63, 3.8) is 0 Å². The molecule has 0 aromatic carbocycles. The van der Waals surface area contributed by atoms with Crippen molar-refractivity contribution >= 4 is 11.8 Å². The van der Waals surface area contributed by atoms with Crippen molar-refractivity contribution in [3.05, 3.63) is 35.7 Å². The van der Waals surface area contributed by atoms with Gasteiger partial charge in [-0.15, -0.1) is 13.2 Å². The first-order chi connectivity index (χ1) is 12.4. The largest absolute Gasteiger partial charge is 0.463 e. The lowest BCUT2D eigenvalue weighted by atomic mass is 10.1. The van der Waals surface area contributed by atoms with E-state index in [9.17, 15) is 14.0 Å². The first-order valence-corrected chi connectivity index (χ1v) is 8.72. The Morgan fingerprint density at radius 1 is 1.46 bits per heavy atom. The number of aromatic nitrogens is 2. The Morgan fingerprint density at radius 3 is 2.65 bits per heavy atom. The number of ether oxygens (including phenoxy) is 2. The summed E-state index contributed by atoms with van der Waals surface area (Å²) in [5.74, 6) is -1.25. The molecule has 7 nitrogen and oxygen atoms in total. The number of carbonyl (C=O) groups excluding carboxylic acids is 1. The number of nitrogens with zero attached hydrogens (tertiary/aromatic N) is 2. The SMILES string of the molecule is C=C.CC.CC(C)CC(=O)OCC1CCC(n2cc(F)c(N)nc2=O)O1. The van der Waals surface area contributed by atoms with Gasteiger partial charge in [0.1, 0.15) is 12.8 Å². The maximum atomic E-state index is 13.4. The van der Waals surface area contributed by atoms with Gasteiger partial charge in [0.2, 0.25) is 0 Å². The van der Waals surface area contributed by atoms with Crippen LogP contribution >= 0.6 is 0 Å². The first kappa shape index (κ1) is 23.8. The Kier molecular flexibility index (Phi) is 11.1. The zero-order valence-corrected chi connectivity index (χ0v) is 16.0. The Bertz CT molecular complexity index is 619. The van der Waals surface area contributed by atoms with Gasteiger partial charge < -0.3 is 15.2 Å². The molecule has 26 heavy (non-hydrogen) atoms. The summed E-state index contributed by atoms with van der Waals surface area (Å²) >= 11 is 0. The molecule has 1 saturated heterocycles. The second-order valence-corrected chi connectivity index (χ2v) is 5.74. The highest BCUT2D eigenvalue weighted by Gasteiger charge is 2.29. The van der Waals surface area contributed by atoms with Crippen molar-refractivity contribution in [1.82, 2.24) is 9.55 Å². The zero-order valence-electron chi connectivity index (χ0n) is 16.0. The highest BCUT2D eigenvalue weighted by atomic mass is 19.1. The van der Waals surface area contributed by atoms with Crippen molar-refractivity contribution < 1.29 is 18.7 Å². The number of carbonyl (C=O) groups is 1. The number of rotatable bonds is 5. The molecule has 0 bridgehead atoms. The van der Waals surface area contributed by atoms with Crippen LogP contribution in [0.15, 0.2) is 24.1 Å². The molecule has 1 aromatic rings. The molecule has 2 unspecified atom stereocenters. The van der Waals surface area contributed by atoms with Crippen LogP contribution in [0.3, 0.4) is 0 Å². The number of nitrogen functional groups attached to an aromatic ring is 1. The third-order valence-corrected chi connectivity index (χ3v) is 3.33. The summed E-state index contributed by atoms with van der Waals surface area (Å²) in [6.07, 6.45) is 1.53. The van der Waals surface area contributed by atoms with Crippen molar-refractivity contribution in [2.75, 3.05) is 12.3 Å². The normalized spacial score (nSPS) is 18.4. The van der Waals surface area contributed by atoms with Crippen molar-refractivity contribution in [1.29, 1.82) is 0 Å². The lowest BCUT2D eigenvalue weighted by Crippen LogP contribution is -2.29. The van der Waals surface area contributed by atoms with E-state index in [0.29, 0.717) is 19.3 Å². The van der Waals surface area contributed by atoms with E-state index in [1.165, 1.54) is 0 Å². The molecule has 0 amide bonds. The number of halogens is 1. The van der Waals surface area contributed by atoms with Gasteiger partial charge in [0, 0.05) is 6.42 Å². The highest BCUT2D eigenvalue weighted by molar-refractivity contribution is 5.69. The maximum Gasteiger partial charge on any atom is 0.351 e. The van der Waals surface area contributed by atoms with E-state index in [4.69, 9.17) is 15.2 Å². The average Bonchev–Trinajstić information content (AvgIpc) is 3.08. The zero-order chi connectivity index (χ0) is 20.3. The molecule has 0 radical (unpaired) electrons. The second kappa shape index (κ2) is 12.2. The van der Waals surface area contributed by atoms with Crippen molar-refractivity contribution in [2.45, 2.75) is 59.3 Å². The van der Waals surface area contributed by atoms with Crippen LogP contribution in [0.25, 0.3) is 0 Å². The summed E-state index contributed by atoms with van der Waals surface area (Å²) in [5.41, 5.74) is 4.57. The van der Waals surface area contributed by atoms with E-state index in [1.54, 1.807) is 0 Å². The minimum atomic E-state index is -0.769. The van der Waals surface area contributed by atoms with E-state index < -0.39 is 23.6 Å². The molecule has 0 saturated carbocycles. The summed E-state index contributed by atoms with van der Waals surface area (Å²) < 4.78 is 25.2. The van der Waals surface area contributed by atoms with Crippen LogP contribution in [0.2, 0.25) is 0 Å². The number of hydrogen-bond acceptors (Lipinski definition) is 6. The van der Waals surface area contributed by atoms with E-state index in [2.05, 4.69) is 18.1 Å². The highest BCUT2D eigenvalue weighted by Crippen LogP contribution is 2.27. The number of esters is 1. The fourth-order valence-electron chi connectivity index (χ4n) is 2.26. The molecule has 8 heteroatoms. The number of anilines is 1. The van der Waals surface area contributed by atoms with Gasteiger partial charge in [0.05, 0.1) is 12.3 Å². The van der Waals surface area contributed by atoms with Crippen molar-refractivity contribution in [2.24, 2.45) is 5.92 Å². The minimum absolute atomic E-state index is 0.127.